The van der Waals surface area contributed by atoms with Gasteiger partial charge in [0.1, 0.15) is 0 Å². The Labute approximate surface area is 107 Å². The molecular formula is C14H30N2O. The van der Waals surface area contributed by atoms with E-state index in [4.69, 9.17) is 4.74 Å². The van der Waals surface area contributed by atoms with Gasteiger partial charge in [0.25, 0.3) is 0 Å². The molecule has 0 aromatic carbocycles. The van der Waals surface area contributed by atoms with Gasteiger partial charge in [-0.2, -0.15) is 0 Å². The zero-order chi connectivity index (χ0) is 12.5. The Morgan fingerprint density at radius 2 is 2.18 bits per heavy atom. The molecule has 1 fully saturated rings. The molecule has 1 N–H and O–H groups in total. The van der Waals surface area contributed by atoms with Crippen LogP contribution in [0, 0.1) is 5.92 Å². The van der Waals surface area contributed by atoms with E-state index >= 15 is 0 Å². The van der Waals surface area contributed by atoms with Gasteiger partial charge in [-0.3, -0.25) is 0 Å². The van der Waals surface area contributed by atoms with Crippen LogP contribution < -0.4 is 5.32 Å². The van der Waals surface area contributed by atoms with Crippen LogP contribution in [-0.2, 0) is 4.74 Å². The molecule has 0 spiro atoms. The van der Waals surface area contributed by atoms with E-state index in [0.29, 0.717) is 0 Å². The van der Waals surface area contributed by atoms with Crippen molar-refractivity contribution in [3.05, 3.63) is 0 Å². The van der Waals surface area contributed by atoms with E-state index in [1.807, 2.05) is 0 Å². The molecule has 0 bridgehead atoms. The molecule has 17 heavy (non-hydrogen) atoms. The summed E-state index contributed by atoms with van der Waals surface area (Å²) in [5.41, 5.74) is 0. The Morgan fingerprint density at radius 1 is 1.35 bits per heavy atom. The molecule has 1 aliphatic rings. The van der Waals surface area contributed by atoms with Crippen LogP contribution in [0.4, 0.5) is 0 Å². The minimum atomic E-state index is 0.764. The Balaban J connectivity index is 2.19. The second-order valence-electron chi connectivity index (χ2n) is 5.36. The maximum atomic E-state index is 5.10. The number of hydrogen-bond acceptors (Lipinski definition) is 3. The van der Waals surface area contributed by atoms with Crippen molar-refractivity contribution >= 4 is 0 Å². The molecule has 2 unspecified atom stereocenters. The summed E-state index contributed by atoms with van der Waals surface area (Å²) in [7, 11) is 4.02. The monoisotopic (exact) mass is 242 g/mol. The third-order valence-electron chi connectivity index (χ3n) is 3.75. The van der Waals surface area contributed by atoms with Gasteiger partial charge in [-0.05, 0) is 45.2 Å². The number of hydrogen-bond donors (Lipinski definition) is 1. The lowest BCUT2D eigenvalue weighted by atomic mass is 10.0. The van der Waals surface area contributed by atoms with Crippen LogP contribution in [0.2, 0.25) is 0 Å². The summed E-state index contributed by atoms with van der Waals surface area (Å²) in [5, 5.41) is 3.70. The molecule has 0 aromatic rings. The highest BCUT2D eigenvalue weighted by molar-refractivity contribution is 4.84. The van der Waals surface area contributed by atoms with Gasteiger partial charge in [0, 0.05) is 32.8 Å². The lowest BCUT2D eigenvalue weighted by Gasteiger charge is -2.26. The average molecular weight is 242 g/mol. The van der Waals surface area contributed by atoms with Crippen molar-refractivity contribution in [3.8, 4) is 0 Å². The molecule has 1 rings (SSSR count). The van der Waals surface area contributed by atoms with Crippen molar-refractivity contribution in [1.82, 2.24) is 10.2 Å². The molecule has 0 radical (unpaired) electrons. The maximum absolute atomic E-state index is 5.10. The lowest BCUT2D eigenvalue weighted by Crippen LogP contribution is -2.38. The number of methoxy groups -OCH3 is 1. The molecule has 1 saturated carbocycles. The van der Waals surface area contributed by atoms with Crippen LogP contribution >= 0.6 is 0 Å². The van der Waals surface area contributed by atoms with Crippen molar-refractivity contribution in [3.63, 3.8) is 0 Å². The standard InChI is InChI=1S/C14H30N2O/c1-4-9-15-14-8-5-7-13(14)12-16(2)10-6-11-17-3/h13-15H,4-12H2,1-3H3. The fourth-order valence-corrected chi connectivity index (χ4v) is 2.82. The average Bonchev–Trinajstić information content (AvgIpc) is 2.74. The van der Waals surface area contributed by atoms with E-state index in [1.54, 1.807) is 7.11 Å². The van der Waals surface area contributed by atoms with Gasteiger partial charge in [0.15, 0.2) is 0 Å². The molecule has 0 saturated heterocycles. The fourth-order valence-electron chi connectivity index (χ4n) is 2.82. The SMILES string of the molecule is CCCNC1CCCC1CN(C)CCCOC. The zero-order valence-corrected chi connectivity index (χ0v) is 11.9. The van der Waals surface area contributed by atoms with Crippen LogP contribution in [0.25, 0.3) is 0 Å². The first kappa shape index (κ1) is 14.9. The zero-order valence-electron chi connectivity index (χ0n) is 11.9. The van der Waals surface area contributed by atoms with E-state index in [-0.39, 0.29) is 0 Å². The minimum absolute atomic E-state index is 0.764. The molecule has 0 amide bonds. The highest BCUT2D eigenvalue weighted by atomic mass is 16.5. The first-order valence-corrected chi connectivity index (χ1v) is 7.18. The normalized spacial score (nSPS) is 24.7. The summed E-state index contributed by atoms with van der Waals surface area (Å²) in [4.78, 5) is 2.47. The molecule has 102 valence electrons. The van der Waals surface area contributed by atoms with Crippen molar-refractivity contribution in [2.24, 2.45) is 5.92 Å². The molecular weight excluding hydrogens is 212 g/mol. The summed E-state index contributed by atoms with van der Waals surface area (Å²) >= 11 is 0. The molecule has 3 heteroatoms. The molecule has 0 aromatic heterocycles. The summed E-state index contributed by atoms with van der Waals surface area (Å²) in [5.74, 6) is 0.856. The fraction of sp³-hybridized carbons (Fsp3) is 1.00. The predicted molar refractivity (Wildman–Crippen MR) is 73.4 cm³/mol. The van der Waals surface area contributed by atoms with Gasteiger partial charge < -0.3 is 15.0 Å². The Kier molecular flexibility index (Phi) is 7.82. The Morgan fingerprint density at radius 3 is 2.88 bits per heavy atom. The topological polar surface area (TPSA) is 24.5 Å². The quantitative estimate of drug-likeness (QED) is 0.627. The van der Waals surface area contributed by atoms with Gasteiger partial charge in [-0.1, -0.05) is 13.3 Å². The van der Waals surface area contributed by atoms with Crippen LogP contribution in [0.5, 0.6) is 0 Å². The van der Waals surface area contributed by atoms with E-state index in [0.717, 1.165) is 31.5 Å². The lowest BCUT2D eigenvalue weighted by molar-refractivity contribution is 0.171. The van der Waals surface area contributed by atoms with E-state index in [9.17, 15) is 0 Å². The van der Waals surface area contributed by atoms with Crippen molar-refractivity contribution in [2.75, 3.05) is 40.4 Å². The van der Waals surface area contributed by atoms with Gasteiger partial charge in [-0.15, -0.1) is 0 Å². The number of rotatable bonds is 9. The van der Waals surface area contributed by atoms with Crippen molar-refractivity contribution in [2.45, 2.75) is 45.1 Å². The molecule has 0 aliphatic heterocycles. The third-order valence-corrected chi connectivity index (χ3v) is 3.75. The van der Waals surface area contributed by atoms with Gasteiger partial charge >= 0.3 is 0 Å². The van der Waals surface area contributed by atoms with Crippen LogP contribution in [-0.4, -0.2) is 51.3 Å². The summed E-state index contributed by atoms with van der Waals surface area (Å²) in [6, 6.07) is 0.764. The van der Waals surface area contributed by atoms with Crippen LogP contribution in [0.3, 0.4) is 0 Å². The predicted octanol–water partition coefficient (Wildman–Crippen LogP) is 2.12. The van der Waals surface area contributed by atoms with Crippen LogP contribution in [0.1, 0.15) is 39.0 Å². The largest absolute Gasteiger partial charge is 0.385 e. The van der Waals surface area contributed by atoms with E-state index in [1.165, 1.54) is 38.8 Å². The van der Waals surface area contributed by atoms with Crippen molar-refractivity contribution < 1.29 is 4.74 Å². The van der Waals surface area contributed by atoms with Crippen molar-refractivity contribution in [1.29, 1.82) is 0 Å². The molecule has 2 atom stereocenters. The number of ether oxygens (including phenoxy) is 1. The highest BCUT2D eigenvalue weighted by Crippen LogP contribution is 2.26. The van der Waals surface area contributed by atoms with Gasteiger partial charge in [0.2, 0.25) is 0 Å². The maximum Gasteiger partial charge on any atom is 0.0474 e. The Hall–Kier alpha value is -0.120. The first-order valence-electron chi connectivity index (χ1n) is 7.18. The second kappa shape index (κ2) is 8.90. The van der Waals surface area contributed by atoms with E-state index in [2.05, 4.69) is 24.2 Å². The summed E-state index contributed by atoms with van der Waals surface area (Å²) in [6.45, 7) is 6.70. The van der Waals surface area contributed by atoms with E-state index < -0.39 is 0 Å². The number of nitrogens with one attached hydrogen (secondary N) is 1. The molecule has 1 aliphatic carbocycles. The highest BCUT2D eigenvalue weighted by Gasteiger charge is 2.27. The molecule has 0 heterocycles. The van der Waals surface area contributed by atoms with Gasteiger partial charge in [0.05, 0.1) is 0 Å². The number of nitrogens with zero attached hydrogens (tertiary/aromatic N) is 1. The Bertz CT molecular complexity index is 187. The van der Waals surface area contributed by atoms with Crippen LogP contribution in [0.15, 0.2) is 0 Å². The third kappa shape index (κ3) is 5.84. The second-order valence-corrected chi connectivity index (χ2v) is 5.36. The van der Waals surface area contributed by atoms with Gasteiger partial charge in [-0.25, -0.2) is 0 Å². The first-order chi connectivity index (χ1) is 8.27. The smallest absolute Gasteiger partial charge is 0.0474 e. The minimum Gasteiger partial charge on any atom is -0.385 e. The summed E-state index contributed by atoms with van der Waals surface area (Å²) in [6.07, 6.45) is 6.56. The molecule has 3 nitrogen and oxygen atoms in total. The summed E-state index contributed by atoms with van der Waals surface area (Å²) < 4.78 is 5.10.